The minimum Gasteiger partial charge on any atom is -0.481 e. The zero-order chi connectivity index (χ0) is 13.2. The molecule has 0 saturated carbocycles. The number of hydrogen-bond acceptors (Lipinski definition) is 2. The van der Waals surface area contributed by atoms with Crippen LogP contribution in [0.1, 0.15) is 13.8 Å². The summed E-state index contributed by atoms with van der Waals surface area (Å²) in [6.45, 7) is 3.13. The summed E-state index contributed by atoms with van der Waals surface area (Å²) in [5.74, 6) is -3.13. The average molecular weight is 308 g/mol. The van der Waals surface area contributed by atoms with Crippen LogP contribution in [0.4, 0.5) is 14.5 Å². The second kappa shape index (κ2) is 5.44. The Hall–Kier alpha value is -1.17. The van der Waals surface area contributed by atoms with Gasteiger partial charge in [-0.15, -0.1) is 0 Å². The number of rotatable bonds is 4. The Morgan fingerprint density at radius 1 is 1.41 bits per heavy atom. The highest BCUT2D eigenvalue weighted by Gasteiger charge is 2.21. The van der Waals surface area contributed by atoms with Gasteiger partial charge in [0.2, 0.25) is 0 Å². The van der Waals surface area contributed by atoms with Gasteiger partial charge in [-0.05, 0) is 35.8 Å². The molecule has 3 nitrogen and oxygen atoms in total. The molecule has 0 fully saturated rings. The molecular weight excluding hydrogens is 296 g/mol. The van der Waals surface area contributed by atoms with E-state index in [9.17, 15) is 13.6 Å². The van der Waals surface area contributed by atoms with Gasteiger partial charge in [0.15, 0.2) is 0 Å². The summed E-state index contributed by atoms with van der Waals surface area (Å²) in [4.78, 5) is 10.7. The summed E-state index contributed by atoms with van der Waals surface area (Å²) in [7, 11) is 0. The van der Waals surface area contributed by atoms with Crippen molar-refractivity contribution in [2.75, 3.05) is 5.32 Å². The summed E-state index contributed by atoms with van der Waals surface area (Å²) in [5.41, 5.74) is 0.0620. The predicted molar refractivity (Wildman–Crippen MR) is 63.9 cm³/mol. The van der Waals surface area contributed by atoms with Gasteiger partial charge in [-0.25, -0.2) is 8.78 Å². The van der Waals surface area contributed by atoms with E-state index in [1.807, 2.05) is 0 Å². The fourth-order valence-electron chi connectivity index (χ4n) is 1.25. The normalized spacial score (nSPS) is 14.2. The van der Waals surface area contributed by atoms with Crippen LogP contribution in [0, 0.1) is 17.6 Å². The highest BCUT2D eigenvalue weighted by atomic mass is 79.9. The smallest absolute Gasteiger partial charge is 0.308 e. The van der Waals surface area contributed by atoms with Crippen molar-refractivity contribution in [1.29, 1.82) is 0 Å². The molecule has 0 radical (unpaired) electrons. The summed E-state index contributed by atoms with van der Waals surface area (Å²) < 4.78 is 26.5. The molecule has 2 unspecified atom stereocenters. The van der Waals surface area contributed by atoms with Crippen LogP contribution in [-0.4, -0.2) is 17.1 Å². The number of nitrogens with one attached hydrogen (secondary N) is 1. The van der Waals surface area contributed by atoms with Gasteiger partial charge in [0.1, 0.15) is 11.6 Å². The van der Waals surface area contributed by atoms with Crippen molar-refractivity contribution in [2.24, 2.45) is 5.92 Å². The average Bonchev–Trinajstić information content (AvgIpc) is 2.21. The van der Waals surface area contributed by atoms with Crippen molar-refractivity contribution in [1.82, 2.24) is 0 Å². The lowest BCUT2D eigenvalue weighted by atomic mass is 10.0. The van der Waals surface area contributed by atoms with Crippen LogP contribution in [0.15, 0.2) is 16.6 Å². The summed E-state index contributed by atoms with van der Waals surface area (Å²) in [6, 6.07) is 1.37. The molecule has 94 valence electrons. The van der Waals surface area contributed by atoms with E-state index < -0.39 is 29.6 Å². The first-order valence-corrected chi connectivity index (χ1v) is 5.76. The lowest BCUT2D eigenvalue weighted by molar-refractivity contribution is -0.141. The number of anilines is 1. The highest BCUT2D eigenvalue weighted by Crippen LogP contribution is 2.28. The maximum absolute atomic E-state index is 13.5. The number of hydrogen-bond donors (Lipinski definition) is 2. The topological polar surface area (TPSA) is 49.3 Å². The highest BCUT2D eigenvalue weighted by molar-refractivity contribution is 9.10. The first kappa shape index (κ1) is 13.9. The number of carboxylic acids is 1. The van der Waals surface area contributed by atoms with E-state index >= 15 is 0 Å². The molecular formula is C11H12BrF2NO2. The lowest BCUT2D eigenvalue weighted by Gasteiger charge is -2.20. The van der Waals surface area contributed by atoms with Crippen LogP contribution in [0.5, 0.6) is 0 Å². The molecule has 0 aliphatic heterocycles. The van der Waals surface area contributed by atoms with Crippen LogP contribution >= 0.6 is 15.9 Å². The van der Waals surface area contributed by atoms with Crippen molar-refractivity contribution in [2.45, 2.75) is 19.9 Å². The Morgan fingerprint density at radius 2 is 2.00 bits per heavy atom. The van der Waals surface area contributed by atoms with Crippen molar-refractivity contribution in [3.8, 4) is 0 Å². The molecule has 0 bridgehead atoms. The maximum atomic E-state index is 13.5. The van der Waals surface area contributed by atoms with Gasteiger partial charge in [-0.2, -0.15) is 0 Å². The summed E-state index contributed by atoms with van der Waals surface area (Å²) in [6.07, 6.45) is 0. The van der Waals surface area contributed by atoms with Crippen molar-refractivity contribution in [3.05, 3.63) is 28.2 Å². The summed E-state index contributed by atoms with van der Waals surface area (Å²) in [5, 5.41) is 11.5. The van der Waals surface area contributed by atoms with Crippen LogP contribution < -0.4 is 5.32 Å². The zero-order valence-electron chi connectivity index (χ0n) is 9.30. The van der Waals surface area contributed by atoms with E-state index in [2.05, 4.69) is 21.2 Å². The third kappa shape index (κ3) is 3.39. The van der Waals surface area contributed by atoms with E-state index in [-0.39, 0.29) is 10.2 Å². The number of aliphatic carboxylic acids is 1. The number of benzene rings is 1. The lowest BCUT2D eigenvalue weighted by Crippen LogP contribution is -2.30. The molecule has 0 saturated heterocycles. The van der Waals surface area contributed by atoms with E-state index in [1.165, 1.54) is 6.92 Å². The van der Waals surface area contributed by atoms with E-state index in [4.69, 9.17) is 5.11 Å². The van der Waals surface area contributed by atoms with Gasteiger partial charge in [0.25, 0.3) is 0 Å². The Kier molecular flexibility index (Phi) is 4.45. The van der Waals surface area contributed by atoms with Crippen molar-refractivity contribution < 1.29 is 18.7 Å². The predicted octanol–water partition coefficient (Wildman–Crippen LogP) is 3.25. The van der Waals surface area contributed by atoms with Crippen LogP contribution in [0.2, 0.25) is 0 Å². The molecule has 0 aliphatic carbocycles. The molecule has 1 aromatic rings. The third-order valence-corrected chi connectivity index (χ3v) is 3.14. The Bertz CT molecular complexity index is 416. The minimum atomic E-state index is -0.983. The summed E-state index contributed by atoms with van der Waals surface area (Å²) >= 11 is 3.02. The number of carbonyl (C=O) groups is 1. The molecule has 17 heavy (non-hydrogen) atoms. The molecule has 0 spiro atoms. The van der Waals surface area contributed by atoms with Crippen molar-refractivity contribution >= 4 is 27.6 Å². The Balaban J connectivity index is 2.92. The van der Waals surface area contributed by atoms with Crippen LogP contribution in [0.25, 0.3) is 0 Å². The second-order valence-corrected chi connectivity index (χ2v) is 4.66. The van der Waals surface area contributed by atoms with Gasteiger partial charge in [0, 0.05) is 16.6 Å². The fraction of sp³-hybridized carbons (Fsp3) is 0.364. The van der Waals surface area contributed by atoms with Crippen molar-refractivity contribution in [3.63, 3.8) is 0 Å². The molecule has 1 aromatic carbocycles. The standard InChI is InChI=1S/C11H12BrF2NO2/c1-5(11(16)17)6(2)15-10-8(12)3-7(13)4-9(10)14/h3-6,15H,1-2H3,(H,16,17). The SMILES string of the molecule is CC(Nc1c(F)cc(F)cc1Br)C(C)C(=O)O. The van der Waals surface area contributed by atoms with Gasteiger partial charge in [-0.1, -0.05) is 0 Å². The number of carboxylic acid groups (broad SMARTS) is 1. The van der Waals surface area contributed by atoms with Crippen LogP contribution in [-0.2, 0) is 4.79 Å². The van der Waals surface area contributed by atoms with E-state index in [1.54, 1.807) is 6.92 Å². The molecule has 2 atom stereocenters. The molecule has 2 N–H and O–H groups in total. The quantitative estimate of drug-likeness (QED) is 0.897. The van der Waals surface area contributed by atoms with Gasteiger partial charge < -0.3 is 10.4 Å². The molecule has 1 rings (SSSR count). The molecule has 0 aromatic heterocycles. The van der Waals surface area contributed by atoms with Crippen LogP contribution in [0.3, 0.4) is 0 Å². The molecule has 6 heteroatoms. The molecule has 0 heterocycles. The monoisotopic (exact) mass is 307 g/mol. The van der Waals surface area contributed by atoms with Gasteiger partial charge >= 0.3 is 5.97 Å². The van der Waals surface area contributed by atoms with E-state index in [0.717, 1.165) is 12.1 Å². The van der Waals surface area contributed by atoms with Gasteiger partial charge in [-0.3, -0.25) is 4.79 Å². The fourth-order valence-corrected chi connectivity index (χ4v) is 1.77. The third-order valence-electron chi connectivity index (χ3n) is 2.52. The maximum Gasteiger partial charge on any atom is 0.308 e. The van der Waals surface area contributed by atoms with E-state index in [0.29, 0.717) is 0 Å². The first-order chi connectivity index (χ1) is 7.82. The minimum absolute atomic E-state index is 0.0620. The first-order valence-electron chi connectivity index (χ1n) is 4.96. The second-order valence-electron chi connectivity index (χ2n) is 3.80. The molecule has 0 aliphatic rings. The number of halogens is 3. The largest absolute Gasteiger partial charge is 0.481 e. The zero-order valence-corrected chi connectivity index (χ0v) is 10.9. The Morgan fingerprint density at radius 3 is 2.47 bits per heavy atom. The Labute approximate surface area is 106 Å². The molecule has 0 amide bonds. The van der Waals surface area contributed by atoms with Gasteiger partial charge in [0.05, 0.1) is 11.6 Å².